The molecule has 5 nitrogen and oxygen atoms in total. The van der Waals surface area contributed by atoms with Crippen molar-refractivity contribution >= 4 is 11.8 Å². The fourth-order valence-electron chi connectivity index (χ4n) is 3.25. The van der Waals surface area contributed by atoms with E-state index in [2.05, 4.69) is 12.1 Å². The molecule has 1 saturated heterocycles. The van der Waals surface area contributed by atoms with E-state index >= 15 is 0 Å². The van der Waals surface area contributed by atoms with Crippen LogP contribution < -0.4 is 10.5 Å². The summed E-state index contributed by atoms with van der Waals surface area (Å²) in [5, 5.41) is 0. The van der Waals surface area contributed by atoms with Crippen LogP contribution in [0.25, 0.3) is 0 Å². The number of primary amides is 1. The Bertz CT molecular complexity index is 615. The van der Waals surface area contributed by atoms with Crippen molar-refractivity contribution in [3.05, 3.63) is 29.3 Å². The Balaban J connectivity index is 1.72. The molecule has 1 aromatic rings. The van der Waals surface area contributed by atoms with E-state index in [0.29, 0.717) is 19.6 Å². The van der Waals surface area contributed by atoms with Gasteiger partial charge < -0.3 is 15.4 Å². The van der Waals surface area contributed by atoms with Gasteiger partial charge in [0.25, 0.3) is 0 Å². The lowest BCUT2D eigenvalue weighted by atomic mass is 9.92. The monoisotopic (exact) mass is 346 g/mol. The molecule has 2 amide bonds. The van der Waals surface area contributed by atoms with E-state index in [4.69, 9.17) is 10.5 Å². The van der Waals surface area contributed by atoms with Gasteiger partial charge in [-0.15, -0.1) is 0 Å². The molecule has 0 aromatic heterocycles. The maximum atomic E-state index is 12.4. The van der Waals surface area contributed by atoms with Crippen molar-refractivity contribution in [2.45, 2.75) is 58.9 Å². The van der Waals surface area contributed by atoms with Crippen LogP contribution in [0, 0.1) is 19.8 Å². The van der Waals surface area contributed by atoms with Crippen LogP contribution in [-0.2, 0) is 9.59 Å². The molecule has 1 aliphatic rings. The van der Waals surface area contributed by atoms with Crippen LogP contribution in [0.5, 0.6) is 5.75 Å². The van der Waals surface area contributed by atoms with Gasteiger partial charge in [0.2, 0.25) is 11.8 Å². The zero-order chi connectivity index (χ0) is 18.4. The number of carbonyl (C=O) groups excluding carboxylic acids is 2. The van der Waals surface area contributed by atoms with Gasteiger partial charge in [0.1, 0.15) is 5.75 Å². The number of nitrogens with two attached hydrogens (primary N) is 1. The highest BCUT2D eigenvalue weighted by molar-refractivity contribution is 5.80. The fourth-order valence-corrected chi connectivity index (χ4v) is 3.25. The smallest absolute Gasteiger partial charge is 0.222 e. The third-order valence-corrected chi connectivity index (χ3v) is 4.99. The summed E-state index contributed by atoms with van der Waals surface area (Å²) < 4.78 is 5.83. The molecular weight excluding hydrogens is 316 g/mol. The first-order valence-corrected chi connectivity index (χ1v) is 9.17. The summed E-state index contributed by atoms with van der Waals surface area (Å²) in [5.41, 5.74) is 7.71. The molecular formula is C20H30N2O3. The minimum Gasteiger partial charge on any atom is -0.493 e. The summed E-state index contributed by atoms with van der Waals surface area (Å²) >= 11 is 0. The van der Waals surface area contributed by atoms with Crippen LogP contribution in [0.15, 0.2) is 18.2 Å². The zero-order valence-electron chi connectivity index (χ0n) is 15.6. The molecule has 0 saturated carbocycles. The van der Waals surface area contributed by atoms with E-state index in [0.717, 1.165) is 37.0 Å². The molecule has 2 N–H and O–H groups in total. The summed E-state index contributed by atoms with van der Waals surface area (Å²) in [4.78, 5) is 25.6. The number of benzene rings is 1. The molecule has 1 heterocycles. The van der Waals surface area contributed by atoms with Gasteiger partial charge >= 0.3 is 0 Å². The molecule has 1 fully saturated rings. The minimum absolute atomic E-state index is 0.116. The highest BCUT2D eigenvalue weighted by Gasteiger charge is 2.31. The van der Waals surface area contributed by atoms with Crippen molar-refractivity contribution < 1.29 is 14.3 Å². The molecule has 2 atom stereocenters. The lowest BCUT2D eigenvalue weighted by Crippen LogP contribution is -2.48. The second-order valence-electron chi connectivity index (χ2n) is 7.15. The lowest BCUT2D eigenvalue weighted by Gasteiger charge is -2.37. The van der Waals surface area contributed by atoms with Crippen molar-refractivity contribution in [1.82, 2.24) is 4.90 Å². The van der Waals surface area contributed by atoms with Gasteiger partial charge in [-0.25, -0.2) is 0 Å². The number of piperidine rings is 1. The Morgan fingerprint density at radius 3 is 2.72 bits per heavy atom. The summed E-state index contributed by atoms with van der Waals surface area (Å²) in [7, 11) is 0. The topological polar surface area (TPSA) is 72.6 Å². The van der Waals surface area contributed by atoms with E-state index in [-0.39, 0.29) is 23.8 Å². The van der Waals surface area contributed by atoms with E-state index in [1.54, 1.807) is 0 Å². The molecule has 25 heavy (non-hydrogen) atoms. The molecule has 0 bridgehead atoms. The predicted octanol–water partition coefficient (Wildman–Crippen LogP) is 2.96. The Kier molecular flexibility index (Phi) is 6.85. The number of likely N-dealkylation sites (tertiary alicyclic amines) is 1. The van der Waals surface area contributed by atoms with Crippen LogP contribution in [0.3, 0.4) is 0 Å². The molecule has 0 unspecified atom stereocenters. The summed E-state index contributed by atoms with van der Waals surface area (Å²) in [6, 6.07) is 6.36. The van der Waals surface area contributed by atoms with Crippen molar-refractivity contribution in [2.24, 2.45) is 11.7 Å². The number of unbranched alkanes of at least 4 members (excludes halogenated alkanes) is 1. The van der Waals surface area contributed by atoms with Crippen molar-refractivity contribution in [2.75, 3.05) is 13.2 Å². The molecule has 0 radical (unpaired) electrons. The number of hydrogen-bond donors (Lipinski definition) is 1. The number of carbonyl (C=O) groups is 2. The van der Waals surface area contributed by atoms with Crippen LogP contribution in [-0.4, -0.2) is 35.9 Å². The van der Waals surface area contributed by atoms with Crippen LogP contribution >= 0.6 is 0 Å². The molecule has 138 valence electrons. The number of amides is 2. The van der Waals surface area contributed by atoms with E-state index in [9.17, 15) is 9.59 Å². The second-order valence-corrected chi connectivity index (χ2v) is 7.15. The van der Waals surface area contributed by atoms with E-state index < -0.39 is 0 Å². The molecule has 5 heteroatoms. The third-order valence-electron chi connectivity index (χ3n) is 4.99. The van der Waals surface area contributed by atoms with Crippen LogP contribution in [0.4, 0.5) is 0 Å². The second kappa shape index (κ2) is 8.88. The van der Waals surface area contributed by atoms with Gasteiger partial charge in [-0.3, -0.25) is 9.59 Å². The standard InChI is InChI=1S/C20H30N2O3/c1-14-7-8-15(2)18(12-14)25-11-5-4-6-19(23)22-13-17(20(21)24)10-9-16(22)3/h7-8,12,16-17H,4-6,9-11,13H2,1-3H3,(H2,21,24)/t16-,17-/m0/s1. The van der Waals surface area contributed by atoms with Gasteiger partial charge in [0.15, 0.2) is 0 Å². The Morgan fingerprint density at radius 1 is 1.24 bits per heavy atom. The Hall–Kier alpha value is -2.04. The maximum absolute atomic E-state index is 12.4. The number of hydrogen-bond acceptors (Lipinski definition) is 3. The van der Waals surface area contributed by atoms with Crippen molar-refractivity contribution in [3.63, 3.8) is 0 Å². The molecule has 0 aliphatic carbocycles. The minimum atomic E-state index is -0.299. The third kappa shape index (κ3) is 5.48. The first-order valence-electron chi connectivity index (χ1n) is 9.17. The van der Waals surface area contributed by atoms with Crippen LogP contribution in [0.1, 0.15) is 50.2 Å². The predicted molar refractivity (Wildman–Crippen MR) is 98.4 cm³/mol. The normalized spacial score (nSPS) is 20.4. The highest BCUT2D eigenvalue weighted by Crippen LogP contribution is 2.23. The molecule has 1 aromatic carbocycles. The fraction of sp³-hybridized carbons (Fsp3) is 0.600. The van der Waals surface area contributed by atoms with Crippen LogP contribution in [0.2, 0.25) is 0 Å². The first-order chi connectivity index (χ1) is 11.9. The number of ether oxygens (including phenoxy) is 1. The molecule has 2 rings (SSSR count). The highest BCUT2D eigenvalue weighted by atomic mass is 16.5. The Morgan fingerprint density at radius 2 is 2.00 bits per heavy atom. The number of nitrogens with zero attached hydrogens (tertiary/aromatic N) is 1. The number of rotatable bonds is 7. The molecule has 1 aliphatic heterocycles. The largest absolute Gasteiger partial charge is 0.493 e. The summed E-state index contributed by atoms with van der Waals surface area (Å²) in [6.45, 7) is 7.19. The van der Waals surface area contributed by atoms with Crippen molar-refractivity contribution in [3.8, 4) is 5.75 Å². The maximum Gasteiger partial charge on any atom is 0.222 e. The molecule has 0 spiro atoms. The number of aryl methyl sites for hydroxylation is 2. The Labute approximate surface area is 150 Å². The van der Waals surface area contributed by atoms with Crippen molar-refractivity contribution in [1.29, 1.82) is 0 Å². The SMILES string of the molecule is Cc1ccc(C)c(OCCCCC(=O)N2C[C@@H](C(N)=O)CC[C@@H]2C)c1. The lowest BCUT2D eigenvalue weighted by molar-refractivity contribution is -0.137. The van der Waals surface area contributed by atoms with Gasteiger partial charge in [0, 0.05) is 19.0 Å². The van der Waals surface area contributed by atoms with Gasteiger partial charge in [-0.05, 0) is 63.6 Å². The summed E-state index contributed by atoms with van der Waals surface area (Å²) in [6.07, 6.45) is 3.74. The van der Waals surface area contributed by atoms with Gasteiger partial charge in [-0.2, -0.15) is 0 Å². The summed E-state index contributed by atoms with van der Waals surface area (Å²) in [5.74, 6) is 0.532. The average Bonchev–Trinajstić information content (AvgIpc) is 2.57. The van der Waals surface area contributed by atoms with Gasteiger partial charge in [-0.1, -0.05) is 12.1 Å². The van der Waals surface area contributed by atoms with Gasteiger partial charge in [0.05, 0.1) is 12.5 Å². The quantitative estimate of drug-likeness (QED) is 0.772. The van der Waals surface area contributed by atoms with E-state index in [1.807, 2.05) is 31.7 Å². The van der Waals surface area contributed by atoms with E-state index in [1.165, 1.54) is 5.56 Å². The average molecular weight is 346 g/mol. The first kappa shape index (κ1) is 19.3. The zero-order valence-corrected chi connectivity index (χ0v) is 15.6.